The van der Waals surface area contributed by atoms with Crippen LogP contribution in [0.5, 0.6) is 0 Å². The molecule has 1 heterocycles. The third kappa shape index (κ3) is 2.94. The molecule has 1 aromatic rings. The maximum atomic E-state index is 13.9. The molecule has 0 bridgehead atoms. The first kappa shape index (κ1) is 13.2. The zero-order valence-electron chi connectivity index (χ0n) is 10.4. The van der Waals surface area contributed by atoms with E-state index in [0.717, 1.165) is 5.56 Å². The fourth-order valence-corrected chi connectivity index (χ4v) is 2.04. The summed E-state index contributed by atoms with van der Waals surface area (Å²) in [5.41, 5.74) is 1.24. The maximum Gasteiger partial charge on any atom is 0.187 e. The largest absolute Gasteiger partial charge is 0.346 e. The predicted molar refractivity (Wildman–Crippen MR) is 64.7 cm³/mol. The Morgan fingerprint density at radius 3 is 2.78 bits per heavy atom. The Morgan fingerprint density at radius 2 is 2.11 bits per heavy atom. The second kappa shape index (κ2) is 6.07. The van der Waals surface area contributed by atoms with Gasteiger partial charge in [-0.05, 0) is 18.1 Å². The van der Waals surface area contributed by atoms with E-state index in [9.17, 15) is 9.18 Å². The van der Waals surface area contributed by atoms with Crippen molar-refractivity contribution >= 4 is 5.78 Å². The highest BCUT2D eigenvalue weighted by Gasteiger charge is 2.24. The van der Waals surface area contributed by atoms with E-state index in [1.807, 2.05) is 13.0 Å². The summed E-state index contributed by atoms with van der Waals surface area (Å²) in [6.07, 6.45) is 0.849. The quantitative estimate of drug-likeness (QED) is 0.808. The molecule has 0 radical (unpaired) electrons. The zero-order valence-corrected chi connectivity index (χ0v) is 10.4. The van der Waals surface area contributed by atoms with Crippen LogP contribution in [0.3, 0.4) is 0 Å². The van der Waals surface area contributed by atoms with Crippen molar-refractivity contribution in [2.75, 3.05) is 13.2 Å². The van der Waals surface area contributed by atoms with Gasteiger partial charge in [-0.1, -0.05) is 19.1 Å². The van der Waals surface area contributed by atoms with Gasteiger partial charge in [0.05, 0.1) is 13.2 Å². The lowest BCUT2D eigenvalue weighted by Gasteiger charge is -2.15. The van der Waals surface area contributed by atoms with Crippen LogP contribution in [0.1, 0.15) is 37.2 Å². The van der Waals surface area contributed by atoms with Gasteiger partial charge in [0.2, 0.25) is 0 Å². The first-order chi connectivity index (χ1) is 8.72. The van der Waals surface area contributed by atoms with E-state index in [1.54, 1.807) is 6.07 Å². The highest BCUT2D eigenvalue weighted by molar-refractivity contribution is 5.78. The van der Waals surface area contributed by atoms with Gasteiger partial charge in [-0.3, -0.25) is 4.79 Å². The molecule has 0 aliphatic carbocycles. The molecule has 1 aromatic carbocycles. The Labute approximate surface area is 106 Å². The second-order valence-electron chi connectivity index (χ2n) is 4.28. The number of carbonyl (C=O) groups is 1. The summed E-state index contributed by atoms with van der Waals surface area (Å²) in [6.45, 7) is 2.79. The van der Waals surface area contributed by atoms with Gasteiger partial charge < -0.3 is 9.47 Å². The van der Waals surface area contributed by atoms with E-state index in [2.05, 4.69) is 0 Å². The topological polar surface area (TPSA) is 35.5 Å². The number of halogens is 1. The number of hydrogen-bond acceptors (Lipinski definition) is 3. The monoisotopic (exact) mass is 252 g/mol. The van der Waals surface area contributed by atoms with Gasteiger partial charge in [0.1, 0.15) is 11.6 Å². The van der Waals surface area contributed by atoms with Crippen molar-refractivity contribution in [3.63, 3.8) is 0 Å². The molecule has 0 unspecified atom stereocenters. The molecule has 0 spiro atoms. The van der Waals surface area contributed by atoms with Crippen LogP contribution in [0.15, 0.2) is 18.2 Å². The Kier molecular flexibility index (Phi) is 4.44. The summed E-state index contributed by atoms with van der Waals surface area (Å²) < 4.78 is 24.6. The van der Waals surface area contributed by atoms with Crippen molar-refractivity contribution in [3.05, 3.63) is 35.1 Å². The molecule has 0 saturated carbocycles. The standard InChI is InChI=1S/C14H17FO3/c1-2-11(16)7-6-10-4-3-5-12(15)13(10)14-17-8-9-18-14/h3-5,14H,2,6-9H2,1H3. The van der Waals surface area contributed by atoms with Crippen LogP contribution in [-0.4, -0.2) is 19.0 Å². The van der Waals surface area contributed by atoms with Crippen molar-refractivity contribution in [3.8, 4) is 0 Å². The number of hydrogen-bond donors (Lipinski definition) is 0. The molecule has 3 nitrogen and oxygen atoms in total. The van der Waals surface area contributed by atoms with Crippen LogP contribution in [0.2, 0.25) is 0 Å². The van der Waals surface area contributed by atoms with Crippen LogP contribution in [-0.2, 0) is 20.7 Å². The molecular weight excluding hydrogens is 235 g/mol. The van der Waals surface area contributed by atoms with E-state index in [0.29, 0.717) is 38.0 Å². The van der Waals surface area contributed by atoms with Crippen LogP contribution in [0.4, 0.5) is 4.39 Å². The number of ether oxygens (including phenoxy) is 2. The second-order valence-corrected chi connectivity index (χ2v) is 4.28. The number of ketones is 1. The number of carbonyl (C=O) groups excluding carboxylic acids is 1. The molecule has 1 aliphatic rings. The summed E-state index contributed by atoms with van der Waals surface area (Å²) in [4.78, 5) is 11.3. The molecule has 0 amide bonds. The summed E-state index contributed by atoms with van der Waals surface area (Å²) in [5.74, 6) is -0.151. The third-order valence-electron chi connectivity index (χ3n) is 3.07. The van der Waals surface area contributed by atoms with Crippen molar-refractivity contribution in [1.29, 1.82) is 0 Å². The number of benzene rings is 1. The van der Waals surface area contributed by atoms with E-state index >= 15 is 0 Å². The highest BCUT2D eigenvalue weighted by Crippen LogP contribution is 2.29. The van der Waals surface area contributed by atoms with Crippen molar-refractivity contribution in [2.24, 2.45) is 0 Å². The molecule has 0 aromatic heterocycles. The summed E-state index contributed by atoms with van der Waals surface area (Å²) in [7, 11) is 0. The molecule has 4 heteroatoms. The van der Waals surface area contributed by atoms with Gasteiger partial charge in [0.25, 0.3) is 0 Å². The molecule has 0 atom stereocenters. The first-order valence-corrected chi connectivity index (χ1v) is 6.24. The lowest BCUT2D eigenvalue weighted by Crippen LogP contribution is -2.08. The predicted octanol–water partition coefficient (Wildman–Crippen LogP) is 2.78. The van der Waals surface area contributed by atoms with Crippen LogP contribution in [0, 0.1) is 5.82 Å². The van der Waals surface area contributed by atoms with Crippen molar-refractivity contribution in [1.82, 2.24) is 0 Å². The summed E-state index contributed by atoms with van der Waals surface area (Å²) in [6, 6.07) is 4.87. The van der Waals surface area contributed by atoms with Gasteiger partial charge in [-0.15, -0.1) is 0 Å². The molecular formula is C14H17FO3. The minimum absolute atomic E-state index is 0.179. The third-order valence-corrected chi connectivity index (χ3v) is 3.07. The van der Waals surface area contributed by atoms with Crippen molar-refractivity contribution < 1.29 is 18.7 Å². The lowest BCUT2D eigenvalue weighted by molar-refractivity contribution is -0.118. The molecule has 2 rings (SSSR count). The van der Waals surface area contributed by atoms with Crippen molar-refractivity contribution in [2.45, 2.75) is 32.5 Å². The highest BCUT2D eigenvalue weighted by atomic mass is 19.1. The normalized spacial score (nSPS) is 16.1. The number of rotatable bonds is 5. The van der Waals surface area contributed by atoms with Gasteiger partial charge >= 0.3 is 0 Å². The van der Waals surface area contributed by atoms with Gasteiger partial charge in [0, 0.05) is 18.4 Å². The molecule has 0 N–H and O–H groups in total. The van der Waals surface area contributed by atoms with E-state index in [-0.39, 0.29) is 11.6 Å². The molecule has 1 saturated heterocycles. The summed E-state index contributed by atoms with van der Waals surface area (Å²) >= 11 is 0. The summed E-state index contributed by atoms with van der Waals surface area (Å²) in [5, 5.41) is 0. The minimum atomic E-state index is -0.627. The lowest BCUT2D eigenvalue weighted by atomic mass is 10.00. The Balaban J connectivity index is 2.17. The minimum Gasteiger partial charge on any atom is -0.346 e. The smallest absolute Gasteiger partial charge is 0.187 e. The zero-order chi connectivity index (χ0) is 13.0. The molecule has 18 heavy (non-hydrogen) atoms. The van der Waals surface area contributed by atoms with Crippen LogP contribution in [0.25, 0.3) is 0 Å². The first-order valence-electron chi connectivity index (χ1n) is 6.24. The van der Waals surface area contributed by atoms with Gasteiger partial charge in [-0.2, -0.15) is 0 Å². The number of aryl methyl sites for hydroxylation is 1. The van der Waals surface area contributed by atoms with E-state index in [4.69, 9.17) is 9.47 Å². The number of Topliss-reactive ketones (excluding diaryl/α,β-unsaturated/α-hetero) is 1. The Morgan fingerprint density at radius 1 is 1.39 bits per heavy atom. The van der Waals surface area contributed by atoms with Crippen LogP contribution >= 0.6 is 0 Å². The van der Waals surface area contributed by atoms with Gasteiger partial charge in [0.15, 0.2) is 6.29 Å². The average Bonchev–Trinajstić information content (AvgIpc) is 2.89. The van der Waals surface area contributed by atoms with E-state index < -0.39 is 6.29 Å². The fraction of sp³-hybridized carbons (Fsp3) is 0.500. The molecule has 1 fully saturated rings. The SMILES string of the molecule is CCC(=O)CCc1cccc(F)c1C1OCCO1. The Bertz CT molecular complexity index is 425. The average molecular weight is 252 g/mol. The molecule has 98 valence electrons. The Hall–Kier alpha value is -1.26. The van der Waals surface area contributed by atoms with E-state index in [1.165, 1.54) is 6.07 Å². The maximum absolute atomic E-state index is 13.9. The van der Waals surface area contributed by atoms with Crippen LogP contribution < -0.4 is 0 Å². The van der Waals surface area contributed by atoms with Gasteiger partial charge in [-0.25, -0.2) is 4.39 Å². The molecule has 1 aliphatic heterocycles. The fourth-order valence-electron chi connectivity index (χ4n) is 2.04.